The van der Waals surface area contributed by atoms with Crippen molar-refractivity contribution in [3.05, 3.63) is 47.7 Å². The number of halogens is 3. The first-order valence-corrected chi connectivity index (χ1v) is 5.86. The van der Waals surface area contributed by atoms with E-state index in [0.717, 1.165) is 6.07 Å². The molecule has 0 amide bonds. The van der Waals surface area contributed by atoms with E-state index in [1.165, 1.54) is 37.4 Å². The molecule has 4 nitrogen and oxygen atoms in total. The molecule has 0 saturated carbocycles. The summed E-state index contributed by atoms with van der Waals surface area (Å²) >= 11 is 0. The second-order valence-corrected chi connectivity index (χ2v) is 4.16. The number of hydrogen-bond donors (Lipinski definition) is 1. The van der Waals surface area contributed by atoms with E-state index >= 15 is 0 Å². The molecular formula is C14H11F3N2O2. The predicted octanol–water partition coefficient (Wildman–Crippen LogP) is 3.14. The first kappa shape index (κ1) is 14.8. The first-order chi connectivity index (χ1) is 9.84. The maximum atomic E-state index is 13.0. The van der Waals surface area contributed by atoms with Crippen LogP contribution < -0.4 is 5.73 Å². The monoisotopic (exact) mass is 296 g/mol. The molecule has 7 heteroatoms. The van der Waals surface area contributed by atoms with Crippen LogP contribution in [0, 0.1) is 0 Å². The zero-order chi connectivity index (χ0) is 15.6. The van der Waals surface area contributed by atoms with Crippen molar-refractivity contribution < 1.29 is 22.7 Å². The highest BCUT2D eigenvalue weighted by Gasteiger charge is 2.33. The molecule has 0 aliphatic carbocycles. The number of nitrogens with zero attached hydrogens (tertiary/aromatic N) is 1. The van der Waals surface area contributed by atoms with Gasteiger partial charge in [-0.25, -0.2) is 9.78 Å². The van der Waals surface area contributed by atoms with Crippen molar-refractivity contribution in [1.82, 2.24) is 4.98 Å². The number of nitrogen functional groups attached to an aromatic ring is 1. The van der Waals surface area contributed by atoms with Crippen LogP contribution >= 0.6 is 0 Å². The van der Waals surface area contributed by atoms with Gasteiger partial charge < -0.3 is 10.5 Å². The average molecular weight is 296 g/mol. The normalized spacial score (nSPS) is 11.2. The Labute approximate surface area is 118 Å². The smallest absolute Gasteiger partial charge is 0.417 e. The quantitative estimate of drug-likeness (QED) is 0.865. The third kappa shape index (κ3) is 2.96. The molecule has 1 heterocycles. The van der Waals surface area contributed by atoms with Crippen molar-refractivity contribution in [3.63, 3.8) is 0 Å². The molecule has 2 N–H and O–H groups in total. The van der Waals surface area contributed by atoms with Gasteiger partial charge in [0, 0.05) is 5.56 Å². The lowest BCUT2D eigenvalue weighted by Crippen LogP contribution is -2.10. The van der Waals surface area contributed by atoms with Crippen molar-refractivity contribution in [2.45, 2.75) is 6.18 Å². The number of carbonyl (C=O) groups is 1. The number of hydrogen-bond acceptors (Lipinski definition) is 4. The van der Waals surface area contributed by atoms with Crippen LogP contribution in [0.1, 0.15) is 16.1 Å². The highest BCUT2D eigenvalue weighted by molar-refractivity contribution is 5.89. The van der Waals surface area contributed by atoms with Crippen molar-refractivity contribution in [2.75, 3.05) is 12.8 Å². The van der Waals surface area contributed by atoms with E-state index in [1.54, 1.807) is 0 Å². The SMILES string of the molecule is COC(=O)c1ccc(-c2ccccc2C(F)(F)F)c(N)n1. The zero-order valence-electron chi connectivity index (χ0n) is 10.9. The van der Waals surface area contributed by atoms with Gasteiger partial charge in [-0.1, -0.05) is 18.2 Å². The van der Waals surface area contributed by atoms with Crippen molar-refractivity contribution in [2.24, 2.45) is 0 Å². The van der Waals surface area contributed by atoms with E-state index in [2.05, 4.69) is 9.72 Å². The molecule has 2 aromatic rings. The molecule has 0 bridgehead atoms. The van der Waals surface area contributed by atoms with E-state index in [0.29, 0.717) is 0 Å². The van der Waals surface area contributed by atoms with Gasteiger partial charge >= 0.3 is 12.1 Å². The summed E-state index contributed by atoms with van der Waals surface area (Å²) in [5, 5.41) is 0. The molecule has 110 valence electrons. The van der Waals surface area contributed by atoms with E-state index in [1.807, 2.05) is 0 Å². The number of aromatic nitrogens is 1. The number of alkyl halides is 3. The van der Waals surface area contributed by atoms with Crippen LogP contribution in [0.2, 0.25) is 0 Å². The topological polar surface area (TPSA) is 65.2 Å². The Kier molecular flexibility index (Phi) is 3.84. The summed E-state index contributed by atoms with van der Waals surface area (Å²) in [7, 11) is 1.17. The highest BCUT2D eigenvalue weighted by Crippen LogP contribution is 2.38. The molecule has 0 saturated heterocycles. The molecule has 1 aromatic carbocycles. The molecule has 0 aliphatic rings. The molecule has 0 atom stereocenters. The van der Waals surface area contributed by atoms with Crippen LogP contribution in [0.3, 0.4) is 0 Å². The Bertz CT molecular complexity index is 684. The Hall–Kier alpha value is -2.57. The number of methoxy groups -OCH3 is 1. The minimum absolute atomic E-state index is 0.0664. The Balaban J connectivity index is 2.56. The predicted molar refractivity (Wildman–Crippen MR) is 70.4 cm³/mol. The maximum Gasteiger partial charge on any atom is 0.417 e. The van der Waals surface area contributed by atoms with E-state index in [4.69, 9.17) is 5.73 Å². The van der Waals surface area contributed by atoms with Gasteiger partial charge in [0.15, 0.2) is 5.69 Å². The number of carbonyl (C=O) groups excluding carboxylic acids is 1. The number of nitrogens with two attached hydrogens (primary N) is 1. The van der Waals surface area contributed by atoms with Crippen molar-refractivity contribution in [3.8, 4) is 11.1 Å². The van der Waals surface area contributed by atoms with Crippen LogP contribution in [0.5, 0.6) is 0 Å². The van der Waals surface area contributed by atoms with Crippen molar-refractivity contribution in [1.29, 1.82) is 0 Å². The summed E-state index contributed by atoms with van der Waals surface area (Å²) in [4.78, 5) is 15.1. The number of esters is 1. The fourth-order valence-corrected chi connectivity index (χ4v) is 1.89. The number of benzene rings is 1. The molecule has 0 radical (unpaired) electrons. The lowest BCUT2D eigenvalue weighted by molar-refractivity contribution is -0.137. The van der Waals surface area contributed by atoms with Gasteiger partial charge in [-0.15, -0.1) is 0 Å². The van der Waals surface area contributed by atoms with Crippen molar-refractivity contribution >= 4 is 11.8 Å². The molecule has 0 aliphatic heterocycles. The number of rotatable bonds is 2. The molecular weight excluding hydrogens is 285 g/mol. The number of ether oxygens (including phenoxy) is 1. The van der Waals surface area contributed by atoms with Crippen LogP contribution in [0.25, 0.3) is 11.1 Å². The fourth-order valence-electron chi connectivity index (χ4n) is 1.89. The fraction of sp³-hybridized carbons (Fsp3) is 0.143. The summed E-state index contributed by atoms with van der Waals surface area (Å²) in [6.07, 6.45) is -4.51. The zero-order valence-corrected chi connectivity index (χ0v) is 10.9. The summed E-state index contributed by atoms with van der Waals surface area (Å²) < 4.78 is 43.5. The van der Waals surface area contributed by atoms with Gasteiger partial charge in [0.05, 0.1) is 12.7 Å². The lowest BCUT2D eigenvalue weighted by atomic mass is 9.99. The third-order valence-corrected chi connectivity index (χ3v) is 2.84. The molecule has 0 fully saturated rings. The molecule has 21 heavy (non-hydrogen) atoms. The summed E-state index contributed by atoms with van der Waals surface area (Å²) in [6.45, 7) is 0. The van der Waals surface area contributed by atoms with Gasteiger partial charge in [0.25, 0.3) is 0 Å². The number of pyridine rings is 1. The second kappa shape index (κ2) is 5.43. The second-order valence-electron chi connectivity index (χ2n) is 4.16. The standard InChI is InChI=1S/C14H11F3N2O2/c1-21-13(20)11-7-6-9(12(18)19-11)8-4-2-3-5-10(8)14(15,16)17/h2-7H,1H3,(H2,18,19). The first-order valence-electron chi connectivity index (χ1n) is 5.86. The van der Waals surface area contributed by atoms with Crippen LogP contribution in [0.15, 0.2) is 36.4 Å². The number of anilines is 1. The average Bonchev–Trinajstić information content (AvgIpc) is 2.45. The largest absolute Gasteiger partial charge is 0.464 e. The third-order valence-electron chi connectivity index (χ3n) is 2.84. The van der Waals surface area contributed by atoms with Gasteiger partial charge in [0.1, 0.15) is 5.82 Å². The molecule has 1 aromatic heterocycles. The van der Waals surface area contributed by atoms with Gasteiger partial charge in [0.2, 0.25) is 0 Å². The summed E-state index contributed by atoms with van der Waals surface area (Å²) in [5.41, 5.74) is 4.81. The van der Waals surface area contributed by atoms with E-state index < -0.39 is 17.7 Å². The molecule has 0 spiro atoms. The van der Waals surface area contributed by atoms with E-state index in [9.17, 15) is 18.0 Å². The van der Waals surface area contributed by atoms with Crippen LogP contribution in [-0.4, -0.2) is 18.1 Å². The lowest BCUT2D eigenvalue weighted by Gasteiger charge is -2.14. The van der Waals surface area contributed by atoms with Gasteiger partial charge in [-0.3, -0.25) is 0 Å². The Morgan fingerprint density at radius 3 is 2.38 bits per heavy atom. The van der Waals surface area contributed by atoms with Crippen LogP contribution in [-0.2, 0) is 10.9 Å². The molecule has 0 unspecified atom stereocenters. The minimum Gasteiger partial charge on any atom is -0.464 e. The van der Waals surface area contributed by atoms with E-state index in [-0.39, 0.29) is 22.6 Å². The maximum absolute atomic E-state index is 13.0. The van der Waals surface area contributed by atoms with Gasteiger partial charge in [-0.05, 0) is 23.8 Å². The summed E-state index contributed by atoms with van der Waals surface area (Å²) in [5.74, 6) is -0.882. The van der Waals surface area contributed by atoms with Gasteiger partial charge in [-0.2, -0.15) is 13.2 Å². The minimum atomic E-state index is -4.51. The summed E-state index contributed by atoms with van der Waals surface area (Å²) in [6, 6.07) is 7.61. The van der Waals surface area contributed by atoms with Crippen LogP contribution in [0.4, 0.5) is 19.0 Å². The Morgan fingerprint density at radius 1 is 1.14 bits per heavy atom. The highest BCUT2D eigenvalue weighted by atomic mass is 19.4. The molecule has 2 rings (SSSR count). The Morgan fingerprint density at radius 2 is 1.81 bits per heavy atom.